The number of hydrogen-bond acceptors (Lipinski definition) is 1. The molecule has 0 aromatic heterocycles. The molecule has 0 atom stereocenters. The van der Waals surface area contributed by atoms with Crippen LogP contribution in [0.5, 0.6) is 5.75 Å². The first-order chi connectivity index (χ1) is 16.0. The first-order valence-electron chi connectivity index (χ1n) is 13.3. The quantitative estimate of drug-likeness (QED) is 0.165. The molecule has 1 saturated carbocycles. The molecule has 5 heteroatoms. The fourth-order valence-electron chi connectivity index (χ4n) is 6.01. The summed E-state index contributed by atoms with van der Waals surface area (Å²) in [5, 5.41) is 0. The Labute approximate surface area is 200 Å². The van der Waals surface area contributed by atoms with E-state index in [1.807, 2.05) is 0 Å². The Balaban J connectivity index is 1.28. The summed E-state index contributed by atoms with van der Waals surface area (Å²) in [7, 11) is -0.0133. The minimum atomic E-state index is -1.97. The van der Waals surface area contributed by atoms with Crippen LogP contribution in [0.4, 0.5) is 13.2 Å². The van der Waals surface area contributed by atoms with Gasteiger partial charge in [-0.2, -0.15) is 8.78 Å². The van der Waals surface area contributed by atoms with Gasteiger partial charge in [0, 0.05) is 8.80 Å². The lowest BCUT2D eigenvalue weighted by Gasteiger charge is -2.37. The number of aryl methyl sites for hydroxylation is 1. The lowest BCUT2D eigenvalue weighted by Crippen LogP contribution is -2.28. The molecule has 1 saturated heterocycles. The van der Waals surface area contributed by atoms with Gasteiger partial charge in [0.05, 0.1) is 0 Å². The second-order valence-electron chi connectivity index (χ2n) is 10.4. The minimum Gasteiger partial charge on any atom is -0.456 e. The van der Waals surface area contributed by atoms with Crippen molar-refractivity contribution in [3.8, 4) is 5.75 Å². The zero-order chi connectivity index (χ0) is 23.5. The van der Waals surface area contributed by atoms with Crippen LogP contribution in [-0.2, 0) is 6.42 Å². The third kappa shape index (κ3) is 9.14. The van der Waals surface area contributed by atoms with Crippen LogP contribution in [0.1, 0.15) is 89.5 Å². The topological polar surface area (TPSA) is 9.23 Å². The van der Waals surface area contributed by atoms with Crippen LogP contribution in [0.3, 0.4) is 0 Å². The van der Waals surface area contributed by atoms with Gasteiger partial charge in [-0.05, 0) is 61.1 Å². The van der Waals surface area contributed by atoms with Crippen LogP contribution >= 0.6 is 0 Å². The lowest BCUT2D eigenvalue weighted by molar-refractivity contribution is 0.184. The maximum atomic E-state index is 14.0. The van der Waals surface area contributed by atoms with E-state index in [1.54, 1.807) is 24.2 Å². The summed E-state index contributed by atoms with van der Waals surface area (Å²) in [5.41, 5.74) is 0.904. The largest absolute Gasteiger partial charge is 0.456 e. The summed E-state index contributed by atoms with van der Waals surface area (Å²) in [6, 6.07) is 9.34. The van der Waals surface area contributed by atoms with Crippen LogP contribution < -0.4 is 4.74 Å². The zero-order valence-corrected chi connectivity index (χ0v) is 21.4. The van der Waals surface area contributed by atoms with E-state index in [4.69, 9.17) is 0 Å². The second kappa shape index (κ2) is 14.2. The van der Waals surface area contributed by atoms with Crippen molar-refractivity contribution in [2.75, 3.05) is 0 Å². The van der Waals surface area contributed by atoms with Crippen LogP contribution in [0.15, 0.2) is 30.5 Å². The third-order valence-electron chi connectivity index (χ3n) is 8.03. The van der Waals surface area contributed by atoms with Gasteiger partial charge in [-0.3, -0.25) is 0 Å². The number of rotatable bonds is 12. The molecular weight excluding hydrogens is 437 g/mol. The second-order valence-corrected chi connectivity index (χ2v) is 13.4. The Morgan fingerprint density at radius 2 is 1.70 bits per heavy atom. The van der Waals surface area contributed by atoms with Crippen molar-refractivity contribution in [3.05, 3.63) is 41.9 Å². The van der Waals surface area contributed by atoms with Crippen molar-refractivity contribution in [1.29, 1.82) is 0 Å². The molecule has 185 valence electrons. The number of unbranched alkanes of at least 4 members (excludes halogenated alkanes) is 3. The zero-order valence-electron chi connectivity index (χ0n) is 20.4. The van der Waals surface area contributed by atoms with Crippen LogP contribution in [-0.4, -0.2) is 8.80 Å². The number of hydrogen-bond donors (Lipinski definition) is 0. The highest BCUT2D eigenvalue weighted by atomic mass is 28.3. The number of ether oxygens (including phenoxy) is 1. The van der Waals surface area contributed by atoms with Gasteiger partial charge in [-0.25, -0.2) is 4.39 Å². The van der Waals surface area contributed by atoms with E-state index in [-0.39, 0.29) is 20.8 Å². The maximum absolute atomic E-state index is 14.0. The van der Waals surface area contributed by atoms with Crippen molar-refractivity contribution < 1.29 is 17.9 Å². The molecular formula is C28H42F3OSi. The molecule has 1 aromatic carbocycles. The molecule has 33 heavy (non-hydrogen) atoms. The summed E-state index contributed by atoms with van der Waals surface area (Å²) >= 11 is 0. The molecule has 1 heterocycles. The Kier molecular flexibility index (Phi) is 11.4. The molecule has 0 unspecified atom stereocenters. The molecule has 3 rings (SSSR count). The van der Waals surface area contributed by atoms with Crippen LogP contribution in [0.2, 0.25) is 18.1 Å². The van der Waals surface area contributed by atoms with Gasteiger partial charge in [-0.15, -0.1) is 0 Å². The summed E-state index contributed by atoms with van der Waals surface area (Å²) < 4.78 is 42.8. The average molecular weight is 480 g/mol. The molecule has 0 spiro atoms. The summed E-state index contributed by atoms with van der Waals surface area (Å²) in [6.07, 6.45) is 15.6. The molecule has 1 radical (unpaired) electrons. The van der Waals surface area contributed by atoms with E-state index in [2.05, 4.69) is 11.7 Å². The van der Waals surface area contributed by atoms with Gasteiger partial charge in [-0.1, -0.05) is 88.9 Å². The summed E-state index contributed by atoms with van der Waals surface area (Å²) in [5.74, 6) is 2.14. The van der Waals surface area contributed by atoms with E-state index in [0.717, 1.165) is 36.2 Å². The molecule has 2 aliphatic rings. The van der Waals surface area contributed by atoms with Gasteiger partial charge in [0.15, 0.2) is 17.8 Å². The molecule has 1 aliphatic heterocycles. The van der Waals surface area contributed by atoms with Crippen LogP contribution in [0, 0.1) is 23.6 Å². The first kappa shape index (κ1) is 26.4. The Morgan fingerprint density at radius 1 is 0.970 bits per heavy atom. The van der Waals surface area contributed by atoms with E-state index < -0.39 is 11.9 Å². The van der Waals surface area contributed by atoms with Crippen LogP contribution in [0.25, 0.3) is 0 Å². The predicted molar refractivity (Wildman–Crippen MR) is 133 cm³/mol. The molecule has 1 aromatic rings. The van der Waals surface area contributed by atoms with Gasteiger partial charge in [0.25, 0.3) is 0 Å². The number of benzene rings is 1. The Hall–Kier alpha value is -1.23. The third-order valence-corrected chi connectivity index (χ3v) is 11.1. The van der Waals surface area contributed by atoms with Crippen molar-refractivity contribution in [3.63, 3.8) is 0 Å². The summed E-state index contributed by atoms with van der Waals surface area (Å²) in [4.78, 5) is 0. The summed E-state index contributed by atoms with van der Waals surface area (Å²) in [6.45, 7) is 2.31. The molecule has 1 nitrogen and oxygen atoms in total. The SMILES string of the molecule is CCCCC[Si]1CCC(C2CCC(CCCCc3ccc(OC=C(F)F)c(F)c3)CC2)CC1. The predicted octanol–water partition coefficient (Wildman–Crippen LogP) is 9.56. The van der Waals surface area contributed by atoms with Crippen molar-refractivity contribution in [1.82, 2.24) is 0 Å². The fraction of sp³-hybridized carbons (Fsp3) is 0.714. The van der Waals surface area contributed by atoms with Gasteiger partial charge >= 0.3 is 6.08 Å². The van der Waals surface area contributed by atoms with Gasteiger partial charge in [0.2, 0.25) is 0 Å². The maximum Gasteiger partial charge on any atom is 0.305 e. The molecule has 0 amide bonds. The van der Waals surface area contributed by atoms with Gasteiger partial charge < -0.3 is 4.74 Å². The van der Waals surface area contributed by atoms with Crippen molar-refractivity contribution >= 4 is 8.80 Å². The molecule has 1 aliphatic carbocycles. The lowest BCUT2D eigenvalue weighted by atomic mass is 9.73. The molecule has 2 fully saturated rings. The van der Waals surface area contributed by atoms with Crippen molar-refractivity contribution in [2.45, 2.75) is 109 Å². The van der Waals surface area contributed by atoms with E-state index in [0.29, 0.717) is 0 Å². The van der Waals surface area contributed by atoms with E-state index >= 15 is 0 Å². The van der Waals surface area contributed by atoms with Gasteiger partial charge in [0.1, 0.15) is 0 Å². The first-order valence-corrected chi connectivity index (χ1v) is 15.5. The number of halogens is 3. The highest BCUT2D eigenvalue weighted by molar-refractivity contribution is 6.58. The smallest absolute Gasteiger partial charge is 0.305 e. The molecule has 0 N–H and O–H groups in total. The monoisotopic (exact) mass is 479 g/mol. The highest BCUT2D eigenvalue weighted by Gasteiger charge is 2.31. The normalized spacial score (nSPS) is 22.3. The Morgan fingerprint density at radius 3 is 2.36 bits per heavy atom. The van der Waals surface area contributed by atoms with Crippen molar-refractivity contribution in [2.24, 2.45) is 17.8 Å². The van der Waals surface area contributed by atoms with E-state index in [1.165, 1.54) is 82.8 Å². The minimum absolute atomic E-state index is 0.0133. The fourth-order valence-corrected chi connectivity index (χ4v) is 9.07. The standard InChI is InChI=1S/C28H42F3OSi/c1-2-3-6-17-33-18-15-25(16-19-33)24-12-9-22(10-13-24)7-4-5-8-23-11-14-27(26(29)20-23)32-21-28(30)31/h11,14,20-22,24-25H,2-10,12-13,15-19H2,1H3. The highest BCUT2D eigenvalue weighted by Crippen LogP contribution is 2.42. The average Bonchev–Trinajstić information content (AvgIpc) is 2.82. The Bertz CT molecular complexity index is 718. The van der Waals surface area contributed by atoms with E-state index in [9.17, 15) is 13.2 Å². The molecule has 0 bridgehead atoms.